The molecule has 1 amide bonds. The minimum absolute atomic E-state index is 0.158. The number of rotatable bonds is 8. The Bertz CT molecular complexity index is 831. The first-order valence-corrected chi connectivity index (χ1v) is 9.82. The van der Waals surface area contributed by atoms with Crippen molar-refractivity contribution in [1.29, 1.82) is 0 Å². The van der Waals surface area contributed by atoms with Crippen LogP contribution < -0.4 is 15.4 Å². The van der Waals surface area contributed by atoms with Gasteiger partial charge in [-0.2, -0.15) is 0 Å². The van der Waals surface area contributed by atoms with Crippen LogP contribution >= 0.6 is 0 Å². The molecule has 6 heteroatoms. The summed E-state index contributed by atoms with van der Waals surface area (Å²) in [5, 5.41) is 6.24. The summed E-state index contributed by atoms with van der Waals surface area (Å²) < 4.78 is 5.17. The van der Waals surface area contributed by atoms with E-state index in [2.05, 4.69) is 26.7 Å². The minimum Gasteiger partial charge on any atom is -0.497 e. The fraction of sp³-hybridized carbons (Fsp3) is 0.409. The van der Waals surface area contributed by atoms with Crippen molar-refractivity contribution >= 4 is 11.7 Å². The molecular formula is C22H28N4O2. The second kappa shape index (κ2) is 9.88. The number of hydrogen-bond acceptors (Lipinski definition) is 5. The number of nitrogens with one attached hydrogen (secondary N) is 2. The number of methoxy groups -OCH3 is 1. The SMILES string of the molecule is COc1ccc(CNc2cc(C(=O)NCCC3=CCCCC3)nc(C)n2)cc1. The van der Waals surface area contributed by atoms with Crippen molar-refractivity contribution in [2.24, 2.45) is 0 Å². The molecule has 0 spiro atoms. The van der Waals surface area contributed by atoms with Crippen LogP contribution in [0.5, 0.6) is 5.75 Å². The summed E-state index contributed by atoms with van der Waals surface area (Å²) in [5.74, 6) is 1.88. The highest BCUT2D eigenvalue weighted by molar-refractivity contribution is 5.92. The van der Waals surface area contributed by atoms with Crippen molar-refractivity contribution in [2.45, 2.75) is 45.6 Å². The molecule has 0 fully saturated rings. The normalized spacial score (nSPS) is 13.6. The second-order valence-corrected chi connectivity index (χ2v) is 7.00. The Morgan fingerprint density at radius 1 is 1.18 bits per heavy atom. The first kappa shape index (κ1) is 19.9. The van der Waals surface area contributed by atoms with Crippen LogP contribution in [0.25, 0.3) is 0 Å². The number of carbonyl (C=O) groups excluding carboxylic acids is 1. The van der Waals surface area contributed by atoms with Crippen LogP contribution in [-0.2, 0) is 6.54 Å². The lowest BCUT2D eigenvalue weighted by molar-refractivity contribution is 0.0948. The highest BCUT2D eigenvalue weighted by atomic mass is 16.5. The number of benzene rings is 1. The van der Waals surface area contributed by atoms with E-state index in [4.69, 9.17) is 4.74 Å². The molecular weight excluding hydrogens is 352 g/mol. The Morgan fingerprint density at radius 3 is 2.71 bits per heavy atom. The van der Waals surface area contributed by atoms with E-state index in [-0.39, 0.29) is 5.91 Å². The van der Waals surface area contributed by atoms with Gasteiger partial charge in [0.15, 0.2) is 0 Å². The Hall–Kier alpha value is -2.89. The van der Waals surface area contributed by atoms with Gasteiger partial charge < -0.3 is 15.4 Å². The lowest BCUT2D eigenvalue weighted by Crippen LogP contribution is -2.26. The van der Waals surface area contributed by atoms with Crippen molar-refractivity contribution in [3.63, 3.8) is 0 Å². The number of anilines is 1. The Morgan fingerprint density at radius 2 is 2.00 bits per heavy atom. The molecule has 3 rings (SSSR count). The Balaban J connectivity index is 1.55. The summed E-state index contributed by atoms with van der Waals surface area (Å²) in [6.07, 6.45) is 8.08. The number of hydrogen-bond donors (Lipinski definition) is 2. The molecule has 0 saturated carbocycles. The van der Waals surface area contributed by atoms with Gasteiger partial charge in [-0.15, -0.1) is 0 Å². The predicted octanol–water partition coefficient (Wildman–Crippen LogP) is 4.03. The molecule has 1 aromatic carbocycles. The molecule has 0 aliphatic heterocycles. The molecule has 1 aromatic heterocycles. The van der Waals surface area contributed by atoms with Crippen LogP contribution in [0, 0.1) is 6.92 Å². The van der Waals surface area contributed by atoms with E-state index in [1.165, 1.54) is 18.4 Å². The number of nitrogens with zero attached hydrogens (tertiary/aromatic N) is 2. The number of aryl methyl sites for hydroxylation is 1. The summed E-state index contributed by atoms with van der Waals surface area (Å²) in [5.41, 5.74) is 2.94. The van der Waals surface area contributed by atoms with Crippen molar-refractivity contribution in [2.75, 3.05) is 19.0 Å². The maximum atomic E-state index is 12.5. The molecule has 0 bridgehead atoms. The Labute approximate surface area is 166 Å². The zero-order valence-electron chi connectivity index (χ0n) is 16.6. The minimum atomic E-state index is -0.158. The molecule has 2 aromatic rings. The number of ether oxygens (including phenoxy) is 1. The monoisotopic (exact) mass is 380 g/mol. The first-order chi connectivity index (χ1) is 13.6. The molecule has 0 atom stereocenters. The van der Waals surface area contributed by atoms with Gasteiger partial charge in [0.2, 0.25) is 0 Å². The summed E-state index contributed by atoms with van der Waals surface area (Å²) in [6.45, 7) is 3.04. The first-order valence-electron chi connectivity index (χ1n) is 9.82. The highest BCUT2D eigenvalue weighted by Gasteiger charge is 2.11. The van der Waals surface area contributed by atoms with Crippen LogP contribution in [0.3, 0.4) is 0 Å². The molecule has 1 aliphatic carbocycles. The highest BCUT2D eigenvalue weighted by Crippen LogP contribution is 2.19. The van der Waals surface area contributed by atoms with E-state index < -0.39 is 0 Å². The van der Waals surface area contributed by atoms with Gasteiger partial charge in [0.05, 0.1) is 7.11 Å². The zero-order chi connectivity index (χ0) is 19.8. The largest absolute Gasteiger partial charge is 0.497 e. The summed E-state index contributed by atoms with van der Waals surface area (Å²) in [7, 11) is 1.65. The lowest BCUT2D eigenvalue weighted by atomic mass is 9.97. The van der Waals surface area contributed by atoms with Crippen LogP contribution in [0.2, 0.25) is 0 Å². The van der Waals surface area contributed by atoms with Gasteiger partial charge in [-0.3, -0.25) is 4.79 Å². The van der Waals surface area contributed by atoms with Gasteiger partial charge >= 0.3 is 0 Å². The summed E-state index contributed by atoms with van der Waals surface area (Å²) >= 11 is 0. The third-order valence-electron chi connectivity index (χ3n) is 4.82. The third kappa shape index (κ3) is 5.81. The van der Waals surface area contributed by atoms with Crippen molar-refractivity contribution in [3.8, 4) is 5.75 Å². The van der Waals surface area contributed by atoms with E-state index in [9.17, 15) is 4.79 Å². The van der Waals surface area contributed by atoms with E-state index in [1.807, 2.05) is 24.3 Å². The second-order valence-electron chi connectivity index (χ2n) is 7.00. The molecule has 148 valence electrons. The molecule has 1 aliphatic rings. The van der Waals surface area contributed by atoms with Gasteiger partial charge in [-0.1, -0.05) is 23.8 Å². The maximum absolute atomic E-state index is 12.5. The molecule has 0 unspecified atom stereocenters. The van der Waals surface area contributed by atoms with Crippen LogP contribution in [-0.4, -0.2) is 29.5 Å². The van der Waals surface area contributed by atoms with Crippen LogP contribution in [0.1, 0.15) is 54.0 Å². The molecule has 28 heavy (non-hydrogen) atoms. The molecule has 0 radical (unpaired) electrons. The smallest absolute Gasteiger partial charge is 0.270 e. The van der Waals surface area contributed by atoms with Gasteiger partial charge in [-0.25, -0.2) is 9.97 Å². The number of allylic oxidation sites excluding steroid dienone is 1. The van der Waals surface area contributed by atoms with Gasteiger partial charge in [-0.05, 0) is 56.7 Å². The average molecular weight is 380 g/mol. The molecule has 6 nitrogen and oxygen atoms in total. The average Bonchev–Trinajstić information content (AvgIpc) is 2.73. The lowest BCUT2D eigenvalue weighted by Gasteiger charge is -2.13. The van der Waals surface area contributed by atoms with Crippen molar-refractivity contribution in [1.82, 2.24) is 15.3 Å². The van der Waals surface area contributed by atoms with E-state index in [0.717, 1.165) is 30.6 Å². The fourth-order valence-corrected chi connectivity index (χ4v) is 3.27. The van der Waals surface area contributed by atoms with Crippen LogP contribution in [0.4, 0.5) is 5.82 Å². The molecule has 2 N–H and O–H groups in total. The third-order valence-corrected chi connectivity index (χ3v) is 4.82. The van der Waals surface area contributed by atoms with E-state index in [0.29, 0.717) is 30.4 Å². The standard InChI is InChI=1S/C22H28N4O2/c1-16-25-20(22(27)23-13-12-17-6-4-3-5-7-17)14-21(26-16)24-15-18-8-10-19(28-2)11-9-18/h6,8-11,14H,3-5,7,12-13,15H2,1-2H3,(H,23,27)(H,24,25,26). The van der Waals surface area contributed by atoms with Crippen molar-refractivity contribution < 1.29 is 9.53 Å². The Kier molecular flexibility index (Phi) is 7.00. The van der Waals surface area contributed by atoms with E-state index >= 15 is 0 Å². The van der Waals surface area contributed by atoms with Gasteiger partial charge in [0.1, 0.15) is 23.1 Å². The van der Waals surface area contributed by atoms with Crippen molar-refractivity contribution in [3.05, 3.63) is 59.1 Å². The number of carbonyl (C=O) groups is 1. The molecule has 0 saturated heterocycles. The topological polar surface area (TPSA) is 76.1 Å². The number of amides is 1. The fourth-order valence-electron chi connectivity index (χ4n) is 3.27. The van der Waals surface area contributed by atoms with E-state index in [1.54, 1.807) is 20.1 Å². The van der Waals surface area contributed by atoms with Crippen LogP contribution in [0.15, 0.2) is 42.0 Å². The summed E-state index contributed by atoms with van der Waals surface area (Å²) in [4.78, 5) is 21.1. The molecule has 1 heterocycles. The van der Waals surface area contributed by atoms with Gasteiger partial charge in [0, 0.05) is 19.2 Å². The maximum Gasteiger partial charge on any atom is 0.270 e. The quantitative estimate of drug-likeness (QED) is 0.676. The zero-order valence-corrected chi connectivity index (χ0v) is 16.6. The number of aromatic nitrogens is 2. The predicted molar refractivity (Wildman–Crippen MR) is 111 cm³/mol. The van der Waals surface area contributed by atoms with Gasteiger partial charge in [0.25, 0.3) is 5.91 Å². The summed E-state index contributed by atoms with van der Waals surface area (Å²) in [6, 6.07) is 9.53.